The standard InChI is InChI=1S/C8H14ClN3O/c1-3-6(13-2)5-12-8(10)4-7(9)11-12/h4,6H,3,5,10H2,1-2H3. The predicted octanol–water partition coefficient (Wildman–Crippen LogP) is 1.54. The van der Waals surface area contributed by atoms with E-state index in [0.717, 1.165) is 6.42 Å². The van der Waals surface area contributed by atoms with Crippen molar-refractivity contribution < 1.29 is 4.74 Å². The van der Waals surface area contributed by atoms with Gasteiger partial charge < -0.3 is 10.5 Å². The molecule has 2 N–H and O–H groups in total. The fourth-order valence-corrected chi connectivity index (χ4v) is 1.31. The Morgan fingerprint density at radius 3 is 2.85 bits per heavy atom. The molecule has 0 saturated carbocycles. The average Bonchev–Trinajstić information content (AvgIpc) is 2.41. The molecule has 5 heteroatoms. The van der Waals surface area contributed by atoms with Crippen LogP contribution in [0, 0.1) is 0 Å². The van der Waals surface area contributed by atoms with Crippen molar-refractivity contribution in [1.82, 2.24) is 9.78 Å². The summed E-state index contributed by atoms with van der Waals surface area (Å²) in [5, 5.41) is 4.44. The first-order valence-corrected chi connectivity index (χ1v) is 4.56. The van der Waals surface area contributed by atoms with E-state index in [1.807, 2.05) is 0 Å². The van der Waals surface area contributed by atoms with Gasteiger partial charge in [0.25, 0.3) is 0 Å². The third-order valence-electron chi connectivity index (χ3n) is 1.95. The van der Waals surface area contributed by atoms with Crippen LogP contribution in [0.4, 0.5) is 5.82 Å². The number of rotatable bonds is 4. The van der Waals surface area contributed by atoms with Gasteiger partial charge in [-0.1, -0.05) is 18.5 Å². The van der Waals surface area contributed by atoms with Gasteiger partial charge in [0.2, 0.25) is 0 Å². The lowest BCUT2D eigenvalue weighted by Gasteiger charge is -2.13. The second-order valence-corrected chi connectivity index (χ2v) is 3.23. The van der Waals surface area contributed by atoms with Gasteiger partial charge in [0.05, 0.1) is 12.6 Å². The van der Waals surface area contributed by atoms with Crippen LogP contribution < -0.4 is 5.73 Å². The third kappa shape index (κ3) is 2.60. The molecule has 0 aliphatic rings. The van der Waals surface area contributed by atoms with E-state index in [-0.39, 0.29) is 6.10 Å². The summed E-state index contributed by atoms with van der Waals surface area (Å²) >= 11 is 5.68. The van der Waals surface area contributed by atoms with Crippen LogP contribution in [0.2, 0.25) is 5.15 Å². The largest absolute Gasteiger partial charge is 0.384 e. The van der Waals surface area contributed by atoms with E-state index in [9.17, 15) is 0 Å². The molecular weight excluding hydrogens is 190 g/mol. The minimum atomic E-state index is 0.137. The van der Waals surface area contributed by atoms with Crippen LogP contribution in [-0.2, 0) is 11.3 Å². The lowest BCUT2D eigenvalue weighted by Crippen LogP contribution is -2.19. The zero-order valence-corrected chi connectivity index (χ0v) is 8.58. The SMILES string of the molecule is CCC(Cn1nc(Cl)cc1N)OC. The van der Waals surface area contributed by atoms with Crippen molar-refractivity contribution in [2.75, 3.05) is 12.8 Å². The summed E-state index contributed by atoms with van der Waals surface area (Å²) in [5.74, 6) is 0.570. The maximum Gasteiger partial charge on any atom is 0.153 e. The van der Waals surface area contributed by atoms with Crippen molar-refractivity contribution in [3.8, 4) is 0 Å². The van der Waals surface area contributed by atoms with E-state index in [0.29, 0.717) is 17.5 Å². The van der Waals surface area contributed by atoms with Gasteiger partial charge in [0.15, 0.2) is 5.15 Å². The molecule has 0 amide bonds. The molecule has 4 nitrogen and oxygen atoms in total. The Balaban J connectivity index is 2.67. The van der Waals surface area contributed by atoms with Gasteiger partial charge in [-0.2, -0.15) is 5.10 Å². The lowest BCUT2D eigenvalue weighted by molar-refractivity contribution is 0.0821. The summed E-state index contributed by atoms with van der Waals surface area (Å²) in [6, 6.07) is 1.63. The van der Waals surface area contributed by atoms with Gasteiger partial charge in [0, 0.05) is 13.2 Å². The fourth-order valence-electron chi connectivity index (χ4n) is 1.11. The van der Waals surface area contributed by atoms with Crippen molar-refractivity contribution in [3.05, 3.63) is 11.2 Å². The Kier molecular flexibility index (Phi) is 3.57. The second kappa shape index (κ2) is 4.48. The van der Waals surface area contributed by atoms with Crippen LogP contribution in [0.15, 0.2) is 6.07 Å². The van der Waals surface area contributed by atoms with Crippen LogP contribution in [0.5, 0.6) is 0 Å². The molecule has 74 valence electrons. The molecule has 1 heterocycles. The van der Waals surface area contributed by atoms with Crippen molar-refractivity contribution in [2.24, 2.45) is 0 Å². The van der Waals surface area contributed by atoms with Crippen LogP contribution >= 0.6 is 11.6 Å². The maximum absolute atomic E-state index is 5.68. The molecule has 1 unspecified atom stereocenters. The molecule has 0 fully saturated rings. The molecule has 0 aromatic carbocycles. The first-order chi connectivity index (χ1) is 6.17. The van der Waals surface area contributed by atoms with Gasteiger partial charge in [-0.3, -0.25) is 0 Å². The average molecular weight is 204 g/mol. The number of hydrogen-bond donors (Lipinski definition) is 1. The molecule has 1 aromatic rings. The van der Waals surface area contributed by atoms with Gasteiger partial charge in [-0.15, -0.1) is 0 Å². The monoisotopic (exact) mass is 203 g/mol. The smallest absolute Gasteiger partial charge is 0.153 e. The fraction of sp³-hybridized carbons (Fsp3) is 0.625. The summed E-state index contributed by atoms with van der Waals surface area (Å²) in [6.07, 6.45) is 1.06. The minimum absolute atomic E-state index is 0.137. The number of nitrogens with zero attached hydrogens (tertiary/aromatic N) is 2. The van der Waals surface area contributed by atoms with Crippen LogP contribution in [0.1, 0.15) is 13.3 Å². The number of nitrogens with two attached hydrogens (primary N) is 1. The summed E-state index contributed by atoms with van der Waals surface area (Å²) in [5.41, 5.74) is 5.66. The van der Waals surface area contributed by atoms with Crippen molar-refractivity contribution >= 4 is 17.4 Å². The Morgan fingerprint density at radius 2 is 2.46 bits per heavy atom. The molecule has 1 rings (SSSR count). The zero-order valence-electron chi connectivity index (χ0n) is 7.83. The Labute approximate surface area is 82.6 Å². The summed E-state index contributed by atoms with van der Waals surface area (Å²) < 4.78 is 6.86. The lowest BCUT2D eigenvalue weighted by atomic mass is 10.3. The van der Waals surface area contributed by atoms with Crippen LogP contribution in [-0.4, -0.2) is 23.0 Å². The third-order valence-corrected chi connectivity index (χ3v) is 2.13. The maximum atomic E-state index is 5.68. The normalized spacial score (nSPS) is 13.2. The molecule has 0 aliphatic heterocycles. The van der Waals surface area contributed by atoms with Crippen molar-refractivity contribution in [3.63, 3.8) is 0 Å². The Hall–Kier alpha value is -0.740. The highest BCUT2D eigenvalue weighted by molar-refractivity contribution is 6.29. The van der Waals surface area contributed by atoms with Gasteiger partial charge >= 0.3 is 0 Å². The number of halogens is 1. The van der Waals surface area contributed by atoms with Gasteiger partial charge in [-0.25, -0.2) is 4.68 Å². The molecule has 1 aromatic heterocycles. The second-order valence-electron chi connectivity index (χ2n) is 2.84. The van der Waals surface area contributed by atoms with E-state index >= 15 is 0 Å². The van der Waals surface area contributed by atoms with Crippen molar-refractivity contribution in [1.29, 1.82) is 0 Å². The topological polar surface area (TPSA) is 53.1 Å². The van der Waals surface area contributed by atoms with E-state index in [2.05, 4.69) is 12.0 Å². The zero-order chi connectivity index (χ0) is 9.84. The highest BCUT2D eigenvalue weighted by Gasteiger charge is 2.09. The molecule has 1 atom stereocenters. The summed E-state index contributed by atoms with van der Waals surface area (Å²) in [4.78, 5) is 0. The Morgan fingerprint density at radius 1 is 1.77 bits per heavy atom. The van der Waals surface area contributed by atoms with Gasteiger partial charge in [0.1, 0.15) is 5.82 Å². The molecule has 0 aliphatic carbocycles. The van der Waals surface area contributed by atoms with Crippen molar-refractivity contribution in [2.45, 2.75) is 26.0 Å². The van der Waals surface area contributed by atoms with E-state index in [1.54, 1.807) is 17.9 Å². The van der Waals surface area contributed by atoms with E-state index in [1.165, 1.54) is 0 Å². The van der Waals surface area contributed by atoms with E-state index in [4.69, 9.17) is 22.1 Å². The van der Waals surface area contributed by atoms with E-state index < -0.39 is 0 Å². The number of anilines is 1. The van der Waals surface area contributed by atoms with Crippen LogP contribution in [0.25, 0.3) is 0 Å². The number of hydrogen-bond acceptors (Lipinski definition) is 3. The molecule has 0 spiro atoms. The quantitative estimate of drug-likeness (QED) is 0.808. The number of aromatic nitrogens is 2. The number of ether oxygens (including phenoxy) is 1. The minimum Gasteiger partial charge on any atom is -0.384 e. The summed E-state index contributed by atoms with van der Waals surface area (Å²) in [6.45, 7) is 2.70. The first kappa shape index (κ1) is 10.3. The van der Waals surface area contributed by atoms with Gasteiger partial charge in [-0.05, 0) is 6.42 Å². The molecule has 0 radical (unpaired) electrons. The Bertz CT molecular complexity index is 270. The number of nitrogen functional groups attached to an aromatic ring is 1. The highest BCUT2D eigenvalue weighted by Crippen LogP contribution is 2.12. The summed E-state index contributed by atoms with van der Waals surface area (Å²) in [7, 11) is 1.68. The number of methoxy groups -OCH3 is 1. The molecule has 0 bridgehead atoms. The van der Waals surface area contributed by atoms with Crippen LogP contribution in [0.3, 0.4) is 0 Å². The predicted molar refractivity (Wildman–Crippen MR) is 52.7 cm³/mol. The first-order valence-electron chi connectivity index (χ1n) is 4.19. The highest BCUT2D eigenvalue weighted by atomic mass is 35.5. The molecule has 13 heavy (non-hydrogen) atoms. The molecular formula is C8H14ClN3O. The molecule has 0 saturated heterocycles.